The number of carbonyl (C=O) groups is 2. The Balaban J connectivity index is 2.39. The van der Waals surface area contributed by atoms with Gasteiger partial charge in [-0.2, -0.15) is 0 Å². The van der Waals surface area contributed by atoms with Crippen molar-refractivity contribution < 1.29 is 14.3 Å². The van der Waals surface area contributed by atoms with E-state index >= 15 is 0 Å². The van der Waals surface area contributed by atoms with Crippen molar-refractivity contribution in [2.24, 2.45) is 11.7 Å². The summed E-state index contributed by atoms with van der Waals surface area (Å²) >= 11 is 0. The van der Waals surface area contributed by atoms with Crippen molar-refractivity contribution in [2.45, 2.75) is 64.6 Å². The Bertz CT molecular complexity index is 321. The summed E-state index contributed by atoms with van der Waals surface area (Å²) in [6.45, 7) is 7.17. The zero-order valence-electron chi connectivity index (χ0n) is 11.7. The first-order valence-electron chi connectivity index (χ1n) is 6.48. The minimum atomic E-state index is -0.496. The zero-order valence-corrected chi connectivity index (χ0v) is 11.7. The van der Waals surface area contributed by atoms with E-state index in [1.807, 2.05) is 20.8 Å². The average Bonchev–Trinajstić information content (AvgIpc) is 2.61. The number of nitrogens with two attached hydrogens (primary N) is 1. The lowest BCUT2D eigenvalue weighted by atomic mass is 9.98. The molecule has 1 rings (SSSR count). The van der Waals surface area contributed by atoms with Gasteiger partial charge in [-0.3, -0.25) is 4.79 Å². The molecule has 1 aliphatic rings. The fourth-order valence-corrected chi connectivity index (χ4v) is 2.22. The molecule has 1 unspecified atom stereocenters. The summed E-state index contributed by atoms with van der Waals surface area (Å²) in [4.78, 5) is 23.3. The fraction of sp³-hybridized carbons (Fsp3) is 0.846. The van der Waals surface area contributed by atoms with Gasteiger partial charge in [0, 0.05) is 12.0 Å². The number of Topliss-reactive ketones (excluding diaryl/α,β-unsaturated/α-hetero) is 1. The van der Waals surface area contributed by atoms with Crippen LogP contribution in [0.25, 0.3) is 0 Å². The molecule has 0 aromatic carbocycles. The van der Waals surface area contributed by atoms with E-state index in [2.05, 4.69) is 5.32 Å². The maximum Gasteiger partial charge on any atom is 0.407 e. The molecule has 1 fully saturated rings. The third-order valence-corrected chi connectivity index (χ3v) is 3.00. The van der Waals surface area contributed by atoms with Gasteiger partial charge in [-0.25, -0.2) is 4.79 Å². The molecule has 18 heavy (non-hydrogen) atoms. The Morgan fingerprint density at radius 3 is 2.44 bits per heavy atom. The topological polar surface area (TPSA) is 81.4 Å². The van der Waals surface area contributed by atoms with Crippen molar-refractivity contribution in [3.63, 3.8) is 0 Å². The van der Waals surface area contributed by atoms with Gasteiger partial charge in [-0.05, 0) is 47.0 Å². The van der Waals surface area contributed by atoms with E-state index in [0.29, 0.717) is 6.42 Å². The second-order valence-corrected chi connectivity index (χ2v) is 6.04. The van der Waals surface area contributed by atoms with Crippen LogP contribution in [0.4, 0.5) is 4.79 Å². The van der Waals surface area contributed by atoms with E-state index < -0.39 is 17.7 Å². The van der Waals surface area contributed by atoms with E-state index in [9.17, 15) is 9.59 Å². The zero-order chi connectivity index (χ0) is 13.9. The van der Waals surface area contributed by atoms with Gasteiger partial charge in [0.2, 0.25) is 0 Å². The summed E-state index contributed by atoms with van der Waals surface area (Å²) in [7, 11) is 0. The molecule has 5 heteroatoms. The largest absolute Gasteiger partial charge is 0.444 e. The molecule has 0 bridgehead atoms. The summed E-state index contributed by atoms with van der Waals surface area (Å²) in [5, 5.41) is 2.80. The third kappa shape index (κ3) is 4.64. The number of ether oxygens (including phenoxy) is 1. The molecular formula is C13H24N2O3. The minimum Gasteiger partial charge on any atom is -0.444 e. The van der Waals surface area contributed by atoms with Crippen LogP contribution in [-0.2, 0) is 9.53 Å². The van der Waals surface area contributed by atoms with E-state index in [1.54, 1.807) is 6.92 Å². The van der Waals surface area contributed by atoms with Crippen molar-refractivity contribution in [3.8, 4) is 0 Å². The highest BCUT2D eigenvalue weighted by molar-refractivity contribution is 5.86. The molecule has 1 amide bonds. The Morgan fingerprint density at radius 2 is 1.94 bits per heavy atom. The standard InChI is InChI=1S/C13H24N2O3/c1-8(14)11(16)9-5-6-10(7-9)15-12(17)18-13(2,3)4/h8-10H,5-7,14H2,1-4H3,(H,15,17)/t8?,9-,10+/m1/s1. The van der Waals surface area contributed by atoms with Crippen molar-refractivity contribution in [3.05, 3.63) is 0 Å². The Kier molecular flexibility index (Phi) is 4.73. The summed E-state index contributed by atoms with van der Waals surface area (Å²) < 4.78 is 5.18. The van der Waals surface area contributed by atoms with Crippen molar-refractivity contribution in [1.29, 1.82) is 0 Å². The van der Waals surface area contributed by atoms with Crippen LogP contribution in [-0.4, -0.2) is 29.6 Å². The molecule has 0 aromatic heterocycles. The fourth-order valence-electron chi connectivity index (χ4n) is 2.22. The molecule has 0 heterocycles. The number of carbonyl (C=O) groups excluding carboxylic acids is 2. The highest BCUT2D eigenvalue weighted by atomic mass is 16.6. The number of hydrogen-bond acceptors (Lipinski definition) is 4. The predicted molar refractivity (Wildman–Crippen MR) is 69.2 cm³/mol. The van der Waals surface area contributed by atoms with Crippen LogP contribution in [0.1, 0.15) is 47.0 Å². The molecule has 3 atom stereocenters. The van der Waals surface area contributed by atoms with Gasteiger partial charge in [-0.1, -0.05) is 0 Å². The van der Waals surface area contributed by atoms with Gasteiger partial charge in [0.05, 0.1) is 6.04 Å². The second-order valence-electron chi connectivity index (χ2n) is 6.04. The lowest BCUT2D eigenvalue weighted by molar-refractivity contribution is -0.123. The van der Waals surface area contributed by atoms with Crippen LogP contribution in [0.3, 0.4) is 0 Å². The number of rotatable bonds is 3. The van der Waals surface area contributed by atoms with Crippen LogP contribution in [0.15, 0.2) is 0 Å². The van der Waals surface area contributed by atoms with E-state index in [1.165, 1.54) is 0 Å². The highest BCUT2D eigenvalue weighted by Gasteiger charge is 2.32. The van der Waals surface area contributed by atoms with Gasteiger partial charge in [0.1, 0.15) is 5.60 Å². The number of alkyl carbamates (subject to hydrolysis) is 1. The van der Waals surface area contributed by atoms with Gasteiger partial charge < -0.3 is 15.8 Å². The Hall–Kier alpha value is -1.10. The number of hydrogen-bond donors (Lipinski definition) is 2. The molecule has 0 radical (unpaired) electrons. The maximum atomic E-state index is 11.7. The van der Waals surface area contributed by atoms with E-state index in [0.717, 1.165) is 12.8 Å². The lowest BCUT2D eigenvalue weighted by Gasteiger charge is -2.21. The molecule has 0 aromatic rings. The lowest BCUT2D eigenvalue weighted by Crippen LogP contribution is -2.38. The molecule has 0 aliphatic heterocycles. The summed E-state index contributed by atoms with van der Waals surface area (Å²) in [6, 6.07) is -0.400. The first-order chi connectivity index (χ1) is 8.19. The number of ketones is 1. The average molecular weight is 256 g/mol. The molecular weight excluding hydrogens is 232 g/mol. The summed E-state index contributed by atoms with van der Waals surface area (Å²) in [5.41, 5.74) is 5.09. The smallest absolute Gasteiger partial charge is 0.407 e. The predicted octanol–water partition coefficient (Wildman–Crippen LogP) is 1.60. The molecule has 1 aliphatic carbocycles. The van der Waals surface area contributed by atoms with Gasteiger partial charge in [0.25, 0.3) is 0 Å². The van der Waals surface area contributed by atoms with Crippen molar-refractivity contribution in [2.75, 3.05) is 0 Å². The number of nitrogens with one attached hydrogen (secondary N) is 1. The Morgan fingerprint density at radius 1 is 1.33 bits per heavy atom. The van der Waals surface area contributed by atoms with Crippen molar-refractivity contribution >= 4 is 11.9 Å². The normalized spacial score (nSPS) is 25.6. The van der Waals surface area contributed by atoms with Crippen LogP contribution in [0.5, 0.6) is 0 Å². The highest BCUT2D eigenvalue weighted by Crippen LogP contribution is 2.27. The van der Waals surface area contributed by atoms with Gasteiger partial charge >= 0.3 is 6.09 Å². The van der Waals surface area contributed by atoms with Crippen LogP contribution >= 0.6 is 0 Å². The van der Waals surface area contributed by atoms with Crippen LogP contribution in [0.2, 0.25) is 0 Å². The van der Waals surface area contributed by atoms with E-state index in [-0.39, 0.29) is 17.7 Å². The van der Waals surface area contributed by atoms with Crippen LogP contribution < -0.4 is 11.1 Å². The first-order valence-corrected chi connectivity index (χ1v) is 6.48. The summed E-state index contributed by atoms with van der Waals surface area (Å²) in [6.07, 6.45) is 1.85. The Labute approximate surface area is 108 Å². The third-order valence-electron chi connectivity index (χ3n) is 3.00. The monoisotopic (exact) mass is 256 g/mol. The number of amides is 1. The second kappa shape index (κ2) is 5.69. The molecule has 5 nitrogen and oxygen atoms in total. The summed E-state index contributed by atoms with van der Waals surface area (Å²) in [5.74, 6) is 0.0634. The van der Waals surface area contributed by atoms with Crippen LogP contribution in [0, 0.1) is 5.92 Å². The minimum absolute atomic E-state index is 0.0209. The molecule has 1 saturated carbocycles. The van der Waals surface area contributed by atoms with Gasteiger partial charge in [-0.15, -0.1) is 0 Å². The quantitative estimate of drug-likeness (QED) is 0.803. The van der Waals surface area contributed by atoms with E-state index in [4.69, 9.17) is 10.5 Å². The maximum absolute atomic E-state index is 11.7. The van der Waals surface area contributed by atoms with Crippen molar-refractivity contribution in [1.82, 2.24) is 5.32 Å². The molecule has 0 saturated heterocycles. The SMILES string of the molecule is CC(N)C(=O)[C@@H]1CC[C@H](NC(=O)OC(C)(C)C)C1. The molecule has 0 spiro atoms. The molecule has 3 N–H and O–H groups in total. The first kappa shape index (κ1) is 15.0. The molecule has 104 valence electrons. The van der Waals surface area contributed by atoms with Gasteiger partial charge in [0.15, 0.2) is 5.78 Å².